The number of benzene rings is 4. The molecule has 0 atom stereocenters. The molecule has 4 heteroatoms. The Morgan fingerprint density at radius 1 is 0.613 bits per heavy atom. The van der Waals surface area contributed by atoms with Crippen molar-refractivity contribution < 1.29 is 0 Å². The number of hydrogen-bond acceptors (Lipinski definition) is 2. The van der Waals surface area contributed by atoms with Crippen LogP contribution in [0, 0.1) is 0 Å². The first-order chi connectivity index (χ1) is 15.2. The van der Waals surface area contributed by atoms with Crippen molar-refractivity contribution in [3.63, 3.8) is 0 Å². The molecule has 0 aliphatic heterocycles. The van der Waals surface area contributed by atoms with E-state index < -0.39 is 0 Å². The second kappa shape index (κ2) is 10.1. The van der Waals surface area contributed by atoms with Gasteiger partial charge in [-0.05, 0) is 71.3 Å². The molecule has 0 radical (unpaired) electrons. The van der Waals surface area contributed by atoms with Crippen LogP contribution in [0.4, 0.5) is 11.4 Å². The van der Waals surface area contributed by atoms with Crippen LogP contribution >= 0.6 is 23.2 Å². The van der Waals surface area contributed by atoms with E-state index in [9.17, 15) is 0 Å². The summed E-state index contributed by atoms with van der Waals surface area (Å²) in [5.74, 6) is 0. The summed E-state index contributed by atoms with van der Waals surface area (Å²) in [6.45, 7) is 0. The Hall–Kier alpha value is -3.33. The Kier molecular flexibility index (Phi) is 6.83. The molecule has 0 saturated carbocycles. The SMILES string of the molecule is Clc1cccc(C(=CC=NN(c2ccccc2)c2ccccc2)c2cccc(Cl)c2)c1. The zero-order chi connectivity index (χ0) is 21.5. The van der Waals surface area contributed by atoms with E-state index in [1.807, 2.05) is 120 Å². The molecular weight excluding hydrogens is 423 g/mol. The van der Waals surface area contributed by atoms with Crippen molar-refractivity contribution in [2.75, 3.05) is 5.01 Å². The molecule has 0 fully saturated rings. The molecule has 2 nitrogen and oxygen atoms in total. The van der Waals surface area contributed by atoms with Crippen molar-refractivity contribution in [1.29, 1.82) is 0 Å². The number of hydrogen-bond donors (Lipinski definition) is 0. The summed E-state index contributed by atoms with van der Waals surface area (Å²) in [7, 11) is 0. The van der Waals surface area contributed by atoms with Crippen LogP contribution in [-0.2, 0) is 0 Å². The molecule has 152 valence electrons. The highest BCUT2D eigenvalue weighted by Crippen LogP contribution is 2.28. The lowest BCUT2D eigenvalue weighted by atomic mass is 9.98. The predicted octanol–water partition coefficient (Wildman–Crippen LogP) is 8.25. The summed E-state index contributed by atoms with van der Waals surface area (Å²) in [4.78, 5) is 0. The fourth-order valence-corrected chi connectivity index (χ4v) is 3.65. The van der Waals surface area contributed by atoms with E-state index in [0.717, 1.165) is 28.1 Å². The molecule has 0 aromatic heterocycles. The molecule has 0 aliphatic rings. The third kappa shape index (κ3) is 5.43. The van der Waals surface area contributed by atoms with E-state index >= 15 is 0 Å². The standard InChI is InChI=1S/C27H20Cl2N2/c28-23-11-7-9-21(19-23)27(22-10-8-12-24(29)20-22)17-18-30-31(25-13-3-1-4-14-25)26-15-5-2-6-16-26/h1-20H. The minimum Gasteiger partial charge on any atom is -0.234 e. The minimum absolute atomic E-state index is 0.678. The second-order valence-electron chi connectivity index (χ2n) is 6.85. The highest BCUT2D eigenvalue weighted by Gasteiger charge is 2.08. The van der Waals surface area contributed by atoms with E-state index in [-0.39, 0.29) is 0 Å². The Bertz CT molecular complexity index is 1120. The van der Waals surface area contributed by atoms with Crippen LogP contribution in [0.2, 0.25) is 10.0 Å². The van der Waals surface area contributed by atoms with Gasteiger partial charge in [-0.15, -0.1) is 0 Å². The van der Waals surface area contributed by atoms with Gasteiger partial charge in [-0.1, -0.05) is 83.9 Å². The van der Waals surface area contributed by atoms with Gasteiger partial charge < -0.3 is 0 Å². The molecule has 0 bridgehead atoms. The molecule has 0 amide bonds. The minimum atomic E-state index is 0.678. The highest BCUT2D eigenvalue weighted by atomic mass is 35.5. The maximum absolute atomic E-state index is 6.26. The van der Waals surface area contributed by atoms with Gasteiger partial charge in [-0.3, -0.25) is 0 Å². The lowest BCUT2D eigenvalue weighted by Crippen LogP contribution is -2.08. The number of anilines is 2. The van der Waals surface area contributed by atoms with Crippen molar-refractivity contribution in [3.05, 3.63) is 136 Å². The fraction of sp³-hybridized carbons (Fsp3) is 0. The summed E-state index contributed by atoms with van der Waals surface area (Å²) in [6, 6.07) is 35.6. The van der Waals surface area contributed by atoms with Crippen molar-refractivity contribution in [1.82, 2.24) is 0 Å². The zero-order valence-electron chi connectivity index (χ0n) is 16.7. The summed E-state index contributed by atoms with van der Waals surface area (Å²) in [6.07, 6.45) is 3.79. The molecule has 0 saturated heterocycles. The van der Waals surface area contributed by atoms with Gasteiger partial charge in [-0.25, -0.2) is 5.01 Å². The highest BCUT2D eigenvalue weighted by molar-refractivity contribution is 6.31. The molecule has 0 N–H and O–H groups in total. The lowest BCUT2D eigenvalue weighted by molar-refractivity contribution is 1.09. The third-order valence-corrected chi connectivity index (χ3v) is 5.17. The van der Waals surface area contributed by atoms with Crippen molar-refractivity contribution in [2.24, 2.45) is 5.10 Å². The van der Waals surface area contributed by atoms with Crippen molar-refractivity contribution in [3.8, 4) is 0 Å². The lowest BCUT2D eigenvalue weighted by Gasteiger charge is -2.19. The van der Waals surface area contributed by atoms with Crippen molar-refractivity contribution in [2.45, 2.75) is 0 Å². The molecule has 0 aliphatic carbocycles. The molecule has 4 aromatic carbocycles. The Balaban J connectivity index is 1.76. The van der Waals surface area contributed by atoms with E-state index in [1.54, 1.807) is 6.21 Å². The maximum atomic E-state index is 6.26. The van der Waals surface area contributed by atoms with Crippen molar-refractivity contribution >= 4 is 46.4 Å². The molecule has 4 rings (SSSR count). The molecular formula is C27H20Cl2N2. The summed E-state index contributed by atoms with van der Waals surface area (Å²) in [5, 5.41) is 8.03. The second-order valence-corrected chi connectivity index (χ2v) is 7.72. The molecule has 0 unspecified atom stereocenters. The first-order valence-electron chi connectivity index (χ1n) is 9.87. The smallest absolute Gasteiger partial charge is 0.0652 e. The summed E-state index contributed by atoms with van der Waals surface area (Å²) in [5.41, 5.74) is 4.92. The number of para-hydroxylation sites is 2. The normalized spacial score (nSPS) is 10.8. The van der Waals surface area contributed by atoms with E-state index in [0.29, 0.717) is 10.0 Å². The largest absolute Gasteiger partial charge is 0.234 e. The van der Waals surface area contributed by atoms with Gasteiger partial charge in [0, 0.05) is 16.3 Å². The number of hydrazone groups is 1. The Labute approximate surface area is 192 Å². The van der Waals surface area contributed by atoms with Crippen LogP contribution < -0.4 is 5.01 Å². The monoisotopic (exact) mass is 442 g/mol. The molecule has 0 heterocycles. The van der Waals surface area contributed by atoms with Gasteiger partial charge in [0.1, 0.15) is 0 Å². The first kappa shape index (κ1) is 20.9. The predicted molar refractivity (Wildman–Crippen MR) is 133 cm³/mol. The van der Waals surface area contributed by atoms with E-state index in [4.69, 9.17) is 28.3 Å². The maximum Gasteiger partial charge on any atom is 0.0652 e. The van der Waals surface area contributed by atoms with Crippen LogP contribution in [0.3, 0.4) is 0 Å². The topological polar surface area (TPSA) is 15.6 Å². The zero-order valence-corrected chi connectivity index (χ0v) is 18.2. The Morgan fingerprint density at radius 3 is 1.55 bits per heavy atom. The van der Waals surface area contributed by atoms with Gasteiger partial charge in [-0.2, -0.15) is 5.10 Å². The molecule has 31 heavy (non-hydrogen) atoms. The van der Waals surface area contributed by atoms with Gasteiger partial charge in [0.15, 0.2) is 0 Å². The number of nitrogens with zero attached hydrogens (tertiary/aromatic N) is 2. The van der Waals surface area contributed by atoms with Crippen LogP contribution in [-0.4, -0.2) is 6.21 Å². The number of rotatable bonds is 6. The van der Waals surface area contributed by atoms with Gasteiger partial charge in [0.25, 0.3) is 0 Å². The summed E-state index contributed by atoms with van der Waals surface area (Å²) < 4.78 is 0. The third-order valence-electron chi connectivity index (χ3n) is 4.70. The Morgan fingerprint density at radius 2 is 1.10 bits per heavy atom. The average Bonchev–Trinajstić information content (AvgIpc) is 2.80. The van der Waals surface area contributed by atoms with Gasteiger partial charge in [0.05, 0.1) is 11.4 Å². The fourth-order valence-electron chi connectivity index (χ4n) is 3.27. The molecule has 0 spiro atoms. The average molecular weight is 443 g/mol. The van der Waals surface area contributed by atoms with Crippen LogP contribution in [0.15, 0.2) is 120 Å². The first-order valence-corrected chi connectivity index (χ1v) is 10.6. The molecule has 4 aromatic rings. The van der Waals surface area contributed by atoms with Crippen LogP contribution in [0.25, 0.3) is 5.57 Å². The van der Waals surface area contributed by atoms with Crippen LogP contribution in [0.1, 0.15) is 11.1 Å². The van der Waals surface area contributed by atoms with E-state index in [2.05, 4.69) is 0 Å². The van der Waals surface area contributed by atoms with Gasteiger partial charge in [0.2, 0.25) is 0 Å². The number of halogens is 2. The quantitative estimate of drug-likeness (QED) is 0.216. The van der Waals surface area contributed by atoms with Crippen LogP contribution in [0.5, 0.6) is 0 Å². The van der Waals surface area contributed by atoms with Gasteiger partial charge >= 0.3 is 0 Å². The number of allylic oxidation sites excluding steroid dienone is 1. The van der Waals surface area contributed by atoms with E-state index in [1.165, 1.54) is 0 Å². The summed E-state index contributed by atoms with van der Waals surface area (Å²) >= 11 is 12.5.